The molecule has 11 heteroatoms. The number of carbonyl (C=O) groups is 1. The molecule has 0 radical (unpaired) electrons. The van der Waals surface area contributed by atoms with Gasteiger partial charge in [-0.1, -0.05) is 48.0 Å². The lowest BCUT2D eigenvalue weighted by molar-refractivity contribution is -0.274. The van der Waals surface area contributed by atoms with Gasteiger partial charge < -0.3 is 24.1 Å². The standard InChI is InChI=1S/C24H26BClF3NO5/c1-22(2)23(3,4)35-25(34-22)18(14-30-21(31)32-15-16-8-6-5-7-9-16)12-17-10-11-19(13-20(17)26)33-24(27,28)29/h5-13H,14-15H2,1-4H3,(H,30,31). The molecule has 2 aromatic rings. The second-order valence-electron chi connectivity index (χ2n) is 8.95. The van der Waals surface area contributed by atoms with Gasteiger partial charge in [0.25, 0.3) is 0 Å². The lowest BCUT2D eigenvalue weighted by atomic mass is 9.77. The van der Waals surface area contributed by atoms with Crippen molar-refractivity contribution in [3.63, 3.8) is 0 Å². The molecule has 3 rings (SSSR count). The maximum atomic E-state index is 12.5. The van der Waals surface area contributed by atoms with Gasteiger partial charge in [-0.05, 0) is 62.5 Å². The Bertz CT molecular complexity index is 1060. The highest BCUT2D eigenvalue weighted by Crippen LogP contribution is 2.39. The maximum absolute atomic E-state index is 12.5. The SMILES string of the molecule is CC1(C)OB(C(=Cc2ccc(OC(F)(F)F)cc2Cl)CNC(=O)OCc2ccccc2)OC1(C)C. The van der Waals surface area contributed by atoms with Crippen molar-refractivity contribution in [3.8, 4) is 5.75 Å². The van der Waals surface area contributed by atoms with Crippen LogP contribution < -0.4 is 10.1 Å². The first-order valence-electron chi connectivity index (χ1n) is 10.8. The number of hydrogen-bond acceptors (Lipinski definition) is 5. The van der Waals surface area contributed by atoms with Crippen molar-refractivity contribution in [2.45, 2.75) is 51.9 Å². The van der Waals surface area contributed by atoms with E-state index in [2.05, 4.69) is 10.1 Å². The van der Waals surface area contributed by atoms with Crippen LogP contribution in [-0.4, -0.2) is 37.3 Å². The van der Waals surface area contributed by atoms with E-state index < -0.39 is 36.5 Å². The van der Waals surface area contributed by atoms with Crippen LogP contribution in [0.15, 0.2) is 54.0 Å². The summed E-state index contributed by atoms with van der Waals surface area (Å²) in [5.74, 6) is -0.445. The van der Waals surface area contributed by atoms with Crippen molar-refractivity contribution >= 4 is 30.9 Å². The Hall–Kier alpha value is -2.69. The molecule has 35 heavy (non-hydrogen) atoms. The quantitative estimate of drug-likeness (QED) is 0.450. The van der Waals surface area contributed by atoms with Gasteiger partial charge in [0.15, 0.2) is 0 Å². The second-order valence-corrected chi connectivity index (χ2v) is 9.36. The van der Waals surface area contributed by atoms with Crippen LogP contribution in [0.4, 0.5) is 18.0 Å². The average molecular weight is 512 g/mol. The molecule has 0 aromatic heterocycles. The summed E-state index contributed by atoms with van der Waals surface area (Å²) >= 11 is 6.22. The number of benzene rings is 2. The summed E-state index contributed by atoms with van der Waals surface area (Å²) in [4.78, 5) is 12.3. The molecule has 0 atom stereocenters. The normalized spacial score (nSPS) is 17.3. The molecule has 1 saturated heterocycles. The van der Waals surface area contributed by atoms with Crippen molar-refractivity contribution in [1.82, 2.24) is 5.32 Å². The predicted molar refractivity (Wildman–Crippen MR) is 127 cm³/mol. The molecule has 0 unspecified atom stereocenters. The largest absolute Gasteiger partial charge is 0.573 e. The fourth-order valence-corrected chi connectivity index (χ4v) is 3.39. The van der Waals surface area contributed by atoms with Crippen LogP contribution in [0, 0.1) is 0 Å². The fraction of sp³-hybridized carbons (Fsp3) is 0.375. The van der Waals surface area contributed by atoms with Crippen LogP contribution >= 0.6 is 11.6 Å². The molecule has 2 aromatic carbocycles. The fourth-order valence-electron chi connectivity index (χ4n) is 3.17. The maximum Gasteiger partial charge on any atom is 0.573 e. The third-order valence-corrected chi connectivity index (χ3v) is 6.08. The van der Waals surface area contributed by atoms with Crippen LogP contribution in [0.25, 0.3) is 6.08 Å². The van der Waals surface area contributed by atoms with Crippen molar-refractivity contribution < 1.29 is 36.7 Å². The number of hydrogen-bond donors (Lipinski definition) is 1. The van der Waals surface area contributed by atoms with Gasteiger partial charge in [-0.15, -0.1) is 13.2 Å². The third-order valence-electron chi connectivity index (χ3n) is 5.75. The van der Waals surface area contributed by atoms with E-state index in [0.29, 0.717) is 11.0 Å². The molecule has 0 saturated carbocycles. The number of alkyl halides is 3. The first kappa shape index (κ1) is 26.9. The summed E-state index contributed by atoms with van der Waals surface area (Å²) in [6, 6.07) is 12.8. The minimum atomic E-state index is -4.83. The molecule has 0 bridgehead atoms. The van der Waals surface area contributed by atoms with Gasteiger partial charge in [0.2, 0.25) is 0 Å². The van der Waals surface area contributed by atoms with Gasteiger partial charge in [-0.2, -0.15) is 0 Å². The van der Waals surface area contributed by atoms with Crippen LogP contribution in [0.1, 0.15) is 38.8 Å². The minimum absolute atomic E-state index is 0.0123. The van der Waals surface area contributed by atoms with Crippen molar-refractivity contribution in [1.29, 1.82) is 0 Å². The molecule has 1 N–H and O–H groups in total. The number of nitrogens with one attached hydrogen (secondary N) is 1. The summed E-state index contributed by atoms with van der Waals surface area (Å²) in [6.45, 7) is 7.59. The number of alkyl carbamates (subject to hydrolysis) is 1. The molecule has 1 fully saturated rings. The van der Waals surface area contributed by atoms with E-state index in [1.54, 1.807) is 6.08 Å². The highest BCUT2D eigenvalue weighted by atomic mass is 35.5. The van der Waals surface area contributed by atoms with Crippen molar-refractivity contribution in [2.75, 3.05) is 6.54 Å². The predicted octanol–water partition coefficient (Wildman–Crippen LogP) is 6.18. The summed E-state index contributed by atoms with van der Waals surface area (Å²) in [6.07, 6.45) is -3.89. The van der Waals surface area contributed by atoms with E-state index in [1.165, 1.54) is 6.07 Å². The topological polar surface area (TPSA) is 66.0 Å². The molecule has 1 aliphatic heterocycles. The highest BCUT2D eigenvalue weighted by Gasteiger charge is 2.52. The van der Waals surface area contributed by atoms with Crippen molar-refractivity contribution in [3.05, 3.63) is 70.2 Å². The Balaban J connectivity index is 1.78. The third kappa shape index (κ3) is 7.40. The first-order valence-corrected chi connectivity index (χ1v) is 11.2. The summed E-state index contributed by atoms with van der Waals surface area (Å²) in [5.41, 5.74) is 0.409. The number of rotatable bonds is 7. The van der Waals surface area contributed by atoms with Crippen LogP contribution in [0.2, 0.25) is 5.02 Å². The number of halogens is 4. The van der Waals surface area contributed by atoms with E-state index in [4.69, 9.17) is 25.6 Å². The van der Waals surface area contributed by atoms with E-state index >= 15 is 0 Å². The van der Waals surface area contributed by atoms with E-state index in [1.807, 2.05) is 58.0 Å². The van der Waals surface area contributed by atoms with Crippen LogP contribution in [0.5, 0.6) is 5.75 Å². The molecule has 0 spiro atoms. The lowest BCUT2D eigenvalue weighted by Gasteiger charge is -2.32. The van der Waals surface area contributed by atoms with Gasteiger partial charge >= 0.3 is 19.6 Å². The number of amides is 1. The van der Waals surface area contributed by atoms with E-state index in [-0.39, 0.29) is 18.2 Å². The molecular weight excluding hydrogens is 486 g/mol. The molecule has 1 heterocycles. The summed E-state index contributed by atoms with van der Waals surface area (Å²) in [7, 11) is -0.836. The Morgan fingerprint density at radius 3 is 2.29 bits per heavy atom. The molecule has 6 nitrogen and oxygen atoms in total. The smallest absolute Gasteiger partial charge is 0.445 e. The molecule has 188 valence electrons. The van der Waals surface area contributed by atoms with Crippen LogP contribution in [0.3, 0.4) is 0 Å². The lowest BCUT2D eigenvalue weighted by Crippen LogP contribution is -2.41. The van der Waals surface area contributed by atoms with Gasteiger partial charge in [0.05, 0.1) is 16.2 Å². The Kier molecular flexibility index (Phi) is 8.09. The minimum Gasteiger partial charge on any atom is -0.445 e. The Morgan fingerprint density at radius 2 is 1.71 bits per heavy atom. The molecule has 1 amide bonds. The molecular formula is C24H26BClF3NO5. The van der Waals surface area contributed by atoms with Crippen molar-refractivity contribution in [2.24, 2.45) is 0 Å². The second kappa shape index (κ2) is 10.5. The summed E-state index contributed by atoms with van der Waals surface area (Å²) < 4.78 is 58.9. The zero-order chi connectivity index (χ0) is 25.9. The number of carbonyl (C=O) groups excluding carboxylic acids is 1. The van der Waals surface area contributed by atoms with Gasteiger partial charge in [0.1, 0.15) is 12.4 Å². The van der Waals surface area contributed by atoms with Gasteiger partial charge in [0, 0.05) is 6.54 Å². The first-order chi connectivity index (χ1) is 16.3. The Morgan fingerprint density at radius 1 is 1.09 bits per heavy atom. The zero-order valence-corrected chi connectivity index (χ0v) is 20.5. The van der Waals surface area contributed by atoms with Crippen LogP contribution in [-0.2, 0) is 20.7 Å². The molecule has 0 aliphatic carbocycles. The Labute approximate surface area is 207 Å². The van der Waals surface area contributed by atoms with Gasteiger partial charge in [-0.25, -0.2) is 4.79 Å². The van der Waals surface area contributed by atoms with E-state index in [9.17, 15) is 18.0 Å². The monoisotopic (exact) mass is 511 g/mol. The van der Waals surface area contributed by atoms with E-state index in [0.717, 1.165) is 17.7 Å². The highest BCUT2D eigenvalue weighted by molar-refractivity contribution is 6.56. The zero-order valence-electron chi connectivity index (χ0n) is 19.7. The average Bonchev–Trinajstić information content (AvgIpc) is 2.97. The summed E-state index contributed by atoms with van der Waals surface area (Å²) in [5, 5.41) is 2.68. The number of ether oxygens (including phenoxy) is 2. The van der Waals surface area contributed by atoms with Gasteiger partial charge in [-0.3, -0.25) is 0 Å². The molecule has 1 aliphatic rings.